The van der Waals surface area contributed by atoms with Crippen molar-refractivity contribution in [1.82, 2.24) is 19.9 Å². The number of hydrogen-bond acceptors (Lipinski definition) is 8. The number of amides is 1. The van der Waals surface area contributed by atoms with Crippen LogP contribution in [0.15, 0.2) is 30.6 Å². The molecular weight excluding hydrogens is 499 g/mol. The van der Waals surface area contributed by atoms with Gasteiger partial charge in [-0.05, 0) is 51.5 Å². The van der Waals surface area contributed by atoms with E-state index in [0.29, 0.717) is 48.8 Å². The zero-order valence-electron chi connectivity index (χ0n) is 21.5. The number of carbonyl (C=O) groups excluding carboxylic acids is 1. The largest absolute Gasteiger partial charge is 0.444 e. The molecule has 0 spiro atoms. The average Bonchev–Trinajstić information content (AvgIpc) is 2.80. The predicted octanol–water partition coefficient (Wildman–Crippen LogP) is 4.56. The van der Waals surface area contributed by atoms with Crippen molar-refractivity contribution >= 4 is 34.3 Å². The molecule has 38 heavy (non-hydrogen) atoms. The number of halogens is 3. The highest BCUT2D eigenvalue weighted by atomic mass is 19.4. The SMILES string of the molecule is CC(C)(C)OC(=O)N1CCN(c2ncnc3cc(-c4nc(N)ccc4C(F)(F)F)c(N4CCC4)cc23)CC1. The zero-order valence-corrected chi connectivity index (χ0v) is 21.5. The summed E-state index contributed by atoms with van der Waals surface area (Å²) in [6, 6.07) is 5.62. The molecule has 0 unspecified atom stereocenters. The van der Waals surface area contributed by atoms with E-state index >= 15 is 0 Å². The van der Waals surface area contributed by atoms with Gasteiger partial charge < -0.3 is 25.2 Å². The van der Waals surface area contributed by atoms with Gasteiger partial charge in [-0.15, -0.1) is 0 Å². The number of anilines is 3. The summed E-state index contributed by atoms with van der Waals surface area (Å²) in [5, 5.41) is 0.723. The lowest BCUT2D eigenvalue weighted by Gasteiger charge is -2.37. The molecule has 0 radical (unpaired) electrons. The summed E-state index contributed by atoms with van der Waals surface area (Å²) in [6.07, 6.45) is -2.60. The van der Waals surface area contributed by atoms with Crippen molar-refractivity contribution < 1.29 is 22.7 Å². The molecule has 2 saturated heterocycles. The van der Waals surface area contributed by atoms with Crippen LogP contribution >= 0.6 is 0 Å². The van der Waals surface area contributed by atoms with Gasteiger partial charge in [0.2, 0.25) is 0 Å². The highest BCUT2D eigenvalue weighted by Gasteiger charge is 2.36. The van der Waals surface area contributed by atoms with E-state index in [4.69, 9.17) is 10.5 Å². The van der Waals surface area contributed by atoms with Gasteiger partial charge >= 0.3 is 12.3 Å². The van der Waals surface area contributed by atoms with Crippen LogP contribution in [0.3, 0.4) is 0 Å². The zero-order chi connectivity index (χ0) is 27.2. The molecule has 1 aromatic carbocycles. The number of pyridine rings is 1. The molecule has 0 aliphatic carbocycles. The number of carbonyl (C=O) groups is 1. The molecule has 9 nitrogen and oxygen atoms in total. The van der Waals surface area contributed by atoms with Crippen LogP contribution in [0, 0.1) is 0 Å². The van der Waals surface area contributed by atoms with Crippen molar-refractivity contribution in [2.24, 2.45) is 0 Å². The van der Waals surface area contributed by atoms with Gasteiger partial charge in [0, 0.05) is 55.9 Å². The van der Waals surface area contributed by atoms with Gasteiger partial charge in [-0.1, -0.05) is 0 Å². The highest BCUT2D eigenvalue weighted by molar-refractivity contribution is 5.98. The lowest BCUT2D eigenvalue weighted by Crippen LogP contribution is -2.50. The molecule has 0 bridgehead atoms. The van der Waals surface area contributed by atoms with E-state index in [1.807, 2.05) is 31.7 Å². The first-order chi connectivity index (χ1) is 17.9. The van der Waals surface area contributed by atoms with Gasteiger partial charge in [0.05, 0.1) is 16.8 Å². The topological polar surface area (TPSA) is 101 Å². The van der Waals surface area contributed by atoms with E-state index in [2.05, 4.69) is 19.9 Å². The van der Waals surface area contributed by atoms with Gasteiger partial charge in [0.25, 0.3) is 0 Å². The maximum atomic E-state index is 13.9. The number of rotatable bonds is 3. The number of aromatic nitrogens is 3. The molecule has 0 saturated carbocycles. The van der Waals surface area contributed by atoms with Crippen LogP contribution in [0.5, 0.6) is 0 Å². The van der Waals surface area contributed by atoms with Crippen molar-refractivity contribution in [3.05, 3.63) is 36.2 Å². The van der Waals surface area contributed by atoms with E-state index in [0.717, 1.165) is 37.0 Å². The van der Waals surface area contributed by atoms with E-state index in [9.17, 15) is 18.0 Å². The second-order valence-electron chi connectivity index (χ2n) is 10.5. The third-order valence-electron chi connectivity index (χ3n) is 6.64. The Bertz CT molecular complexity index is 1360. The Labute approximate surface area is 218 Å². The summed E-state index contributed by atoms with van der Waals surface area (Å²) >= 11 is 0. The van der Waals surface area contributed by atoms with Crippen LogP contribution in [0.1, 0.15) is 32.8 Å². The van der Waals surface area contributed by atoms with Crippen LogP contribution < -0.4 is 15.5 Å². The number of nitrogen functional groups attached to an aromatic ring is 1. The Balaban J connectivity index is 1.53. The smallest absolute Gasteiger partial charge is 0.418 e. The maximum Gasteiger partial charge on any atom is 0.418 e. The number of ether oxygens (including phenoxy) is 1. The lowest BCUT2D eigenvalue weighted by molar-refractivity contribution is -0.137. The minimum Gasteiger partial charge on any atom is -0.444 e. The van der Waals surface area contributed by atoms with E-state index < -0.39 is 17.3 Å². The quantitative estimate of drug-likeness (QED) is 0.527. The van der Waals surface area contributed by atoms with Crippen LogP contribution in [-0.2, 0) is 10.9 Å². The number of fused-ring (bicyclic) bond motifs is 1. The minimum atomic E-state index is -4.60. The summed E-state index contributed by atoms with van der Waals surface area (Å²) in [5.41, 5.74) is 5.65. The Morgan fingerprint density at radius 2 is 1.68 bits per heavy atom. The molecule has 5 rings (SSSR count). The van der Waals surface area contributed by atoms with Crippen LogP contribution in [-0.4, -0.2) is 70.8 Å². The summed E-state index contributed by atoms with van der Waals surface area (Å²) in [4.78, 5) is 31.2. The minimum absolute atomic E-state index is 0.00823. The lowest BCUT2D eigenvalue weighted by atomic mass is 9.98. The Hall–Kier alpha value is -3.83. The van der Waals surface area contributed by atoms with Gasteiger partial charge in [0.1, 0.15) is 23.6 Å². The number of alkyl halides is 3. The first kappa shape index (κ1) is 25.8. The van der Waals surface area contributed by atoms with Crippen molar-refractivity contribution in [3.63, 3.8) is 0 Å². The second kappa shape index (κ2) is 9.48. The van der Waals surface area contributed by atoms with Crippen LogP contribution in [0.25, 0.3) is 22.2 Å². The fraction of sp³-hybridized carbons (Fsp3) is 0.462. The monoisotopic (exact) mass is 529 g/mol. The first-order valence-electron chi connectivity index (χ1n) is 12.5. The molecule has 1 amide bonds. The van der Waals surface area contributed by atoms with E-state index in [-0.39, 0.29) is 17.6 Å². The molecule has 202 valence electrons. The maximum absolute atomic E-state index is 13.9. The van der Waals surface area contributed by atoms with Gasteiger partial charge in [-0.3, -0.25) is 0 Å². The van der Waals surface area contributed by atoms with Crippen molar-refractivity contribution in [3.8, 4) is 11.3 Å². The predicted molar refractivity (Wildman–Crippen MR) is 139 cm³/mol. The summed E-state index contributed by atoms with van der Waals surface area (Å²) < 4.78 is 47.3. The molecule has 3 aromatic rings. The number of benzene rings is 1. The Kier molecular flexibility index (Phi) is 6.44. The molecule has 2 aromatic heterocycles. The molecule has 0 atom stereocenters. The Morgan fingerprint density at radius 1 is 0.974 bits per heavy atom. The summed E-state index contributed by atoms with van der Waals surface area (Å²) in [6.45, 7) is 8.90. The van der Waals surface area contributed by atoms with Crippen LogP contribution in [0.2, 0.25) is 0 Å². The van der Waals surface area contributed by atoms with E-state index in [1.165, 1.54) is 6.33 Å². The third kappa shape index (κ3) is 5.11. The number of piperazine rings is 1. The molecule has 2 N–H and O–H groups in total. The molecule has 12 heteroatoms. The van der Waals surface area contributed by atoms with Gasteiger partial charge in [0.15, 0.2) is 0 Å². The molecular formula is C26H30F3N7O2. The van der Waals surface area contributed by atoms with E-state index in [1.54, 1.807) is 11.0 Å². The Morgan fingerprint density at radius 3 is 2.29 bits per heavy atom. The van der Waals surface area contributed by atoms with Crippen molar-refractivity contribution in [2.45, 2.75) is 39.0 Å². The fourth-order valence-electron chi connectivity index (χ4n) is 4.67. The first-order valence-corrected chi connectivity index (χ1v) is 12.5. The number of nitrogens with zero attached hydrogens (tertiary/aromatic N) is 6. The molecule has 2 aliphatic heterocycles. The van der Waals surface area contributed by atoms with Gasteiger partial charge in [-0.2, -0.15) is 13.2 Å². The van der Waals surface area contributed by atoms with Gasteiger partial charge in [-0.25, -0.2) is 19.7 Å². The number of hydrogen-bond donors (Lipinski definition) is 1. The summed E-state index contributed by atoms with van der Waals surface area (Å²) in [5.74, 6) is 0.678. The molecule has 4 heterocycles. The molecule has 2 fully saturated rings. The van der Waals surface area contributed by atoms with Crippen molar-refractivity contribution in [1.29, 1.82) is 0 Å². The molecule has 2 aliphatic rings. The highest BCUT2D eigenvalue weighted by Crippen LogP contribution is 2.43. The van der Waals surface area contributed by atoms with Crippen LogP contribution in [0.4, 0.5) is 35.3 Å². The fourth-order valence-corrected chi connectivity index (χ4v) is 4.67. The summed E-state index contributed by atoms with van der Waals surface area (Å²) in [7, 11) is 0. The second-order valence-corrected chi connectivity index (χ2v) is 10.5. The standard InChI is InChI=1S/C26H30F3N7O2/c1-25(2,3)38-24(37)36-11-9-35(10-12-36)23-16-14-20(34-7-4-8-34)17(13-19(16)31-15-32-23)22-18(26(27,28)29)5-6-21(30)33-22/h5-6,13-15H,4,7-12H2,1-3H3,(H2,30,33). The normalized spacial score (nSPS) is 16.5. The average molecular weight is 530 g/mol. The number of nitrogens with two attached hydrogens (primary N) is 1. The third-order valence-corrected chi connectivity index (χ3v) is 6.64. The van der Waals surface area contributed by atoms with Crippen molar-refractivity contribution in [2.75, 3.05) is 54.8 Å².